The molecule has 21 heavy (non-hydrogen) atoms. The van der Waals surface area contributed by atoms with Crippen molar-refractivity contribution in [2.45, 2.75) is 0 Å². The normalized spacial score (nSPS) is 10.0. The van der Waals surface area contributed by atoms with Crippen LogP contribution in [0.1, 0.15) is 20.8 Å². The summed E-state index contributed by atoms with van der Waals surface area (Å²) < 4.78 is 0. The van der Waals surface area contributed by atoms with Crippen LogP contribution in [0.15, 0.2) is 30.3 Å². The molecule has 0 aliphatic heterocycles. The summed E-state index contributed by atoms with van der Waals surface area (Å²) in [5.41, 5.74) is 0.776. The molecule has 1 heterocycles. The molecule has 0 aliphatic rings. The number of hydrogen-bond donors (Lipinski definition) is 3. The van der Waals surface area contributed by atoms with E-state index in [1.165, 1.54) is 25.2 Å². The second kappa shape index (κ2) is 6.19. The maximum absolute atomic E-state index is 11.3. The molecule has 0 unspecified atom stereocenters. The highest BCUT2D eigenvalue weighted by Crippen LogP contribution is 2.23. The molecule has 3 N–H and O–H groups in total. The molecular formula is C13H11ClN4O3. The third-order valence-corrected chi connectivity index (χ3v) is 2.91. The Balaban J connectivity index is 2.17. The number of nitrogens with one attached hydrogen (secondary N) is 2. The molecular weight excluding hydrogens is 296 g/mol. The summed E-state index contributed by atoms with van der Waals surface area (Å²) in [7, 11) is 1.50. The van der Waals surface area contributed by atoms with Crippen LogP contribution in [-0.2, 0) is 0 Å². The van der Waals surface area contributed by atoms with E-state index >= 15 is 0 Å². The van der Waals surface area contributed by atoms with Crippen LogP contribution < -0.4 is 10.6 Å². The first-order valence-corrected chi connectivity index (χ1v) is 6.24. The van der Waals surface area contributed by atoms with Crippen molar-refractivity contribution >= 4 is 35.0 Å². The van der Waals surface area contributed by atoms with Crippen molar-refractivity contribution in [2.75, 3.05) is 12.4 Å². The molecule has 0 radical (unpaired) electrons. The Morgan fingerprint density at radius 2 is 1.95 bits per heavy atom. The molecule has 0 bridgehead atoms. The highest BCUT2D eigenvalue weighted by Gasteiger charge is 2.10. The first kappa shape index (κ1) is 14.7. The second-order valence-electron chi connectivity index (χ2n) is 4.01. The van der Waals surface area contributed by atoms with Crippen LogP contribution in [0.5, 0.6) is 0 Å². The van der Waals surface area contributed by atoms with E-state index in [0.29, 0.717) is 11.5 Å². The molecule has 1 aromatic heterocycles. The summed E-state index contributed by atoms with van der Waals surface area (Å²) in [5, 5.41) is 22.0. The largest absolute Gasteiger partial charge is 0.478 e. The van der Waals surface area contributed by atoms with Crippen LogP contribution in [0.2, 0.25) is 5.02 Å². The van der Waals surface area contributed by atoms with Gasteiger partial charge in [0.25, 0.3) is 5.91 Å². The van der Waals surface area contributed by atoms with Crippen molar-refractivity contribution in [1.82, 2.24) is 15.5 Å². The number of amides is 1. The molecule has 0 atom stereocenters. The number of anilines is 2. The van der Waals surface area contributed by atoms with Gasteiger partial charge in [-0.2, -0.15) is 0 Å². The van der Waals surface area contributed by atoms with E-state index in [1.807, 2.05) is 0 Å². The van der Waals surface area contributed by atoms with Gasteiger partial charge in [0.15, 0.2) is 11.5 Å². The summed E-state index contributed by atoms with van der Waals surface area (Å²) in [6.45, 7) is 0. The topological polar surface area (TPSA) is 104 Å². The zero-order valence-corrected chi connectivity index (χ0v) is 11.7. The fourth-order valence-electron chi connectivity index (χ4n) is 1.56. The van der Waals surface area contributed by atoms with Crippen LogP contribution in [0.3, 0.4) is 0 Å². The number of carboxylic acids is 1. The maximum atomic E-state index is 11.3. The number of nitrogens with zero attached hydrogens (tertiary/aromatic N) is 2. The molecule has 2 aromatic rings. The highest BCUT2D eigenvalue weighted by molar-refractivity contribution is 6.33. The monoisotopic (exact) mass is 306 g/mol. The smallest absolute Gasteiger partial charge is 0.337 e. The van der Waals surface area contributed by atoms with Gasteiger partial charge in [-0.25, -0.2) is 4.79 Å². The zero-order chi connectivity index (χ0) is 15.4. The molecule has 0 aliphatic carbocycles. The predicted molar refractivity (Wildman–Crippen MR) is 77.1 cm³/mol. The number of aromatic nitrogens is 2. The van der Waals surface area contributed by atoms with Crippen LogP contribution >= 0.6 is 11.6 Å². The first-order chi connectivity index (χ1) is 10.0. The van der Waals surface area contributed by atoms with Gasteiger partial charge in [-0.05, 0) is 30.3 Å². The lowest BCUT2D eigenvalue weighted by Gasteiger charge is -2.07. The van der Waals surface area contributed by atoms with Gasteiger partial charge in [0, 0.05) is 12.7 Å². The number of carboxylic acid groups (broad SMARTS) is 1. The molecule has 1 amide bonds. The Labute approximate surface area is 125 Å². The van der Waals surface area contributed by atoms with Gasteiger partial charge in [0.2, 0.25) is 0 Å². The van der Waals surface area contributed by atoms with Crippen molar-refractivity contribution in [3.63, 3.8) is 0 Å². The molecule has 8 heteroatoms. The molecule has 0 fully saturated rings. The van der Waals surface area contributed by atoms with Gasteiger partial charge in [0.1, 0.15) is 0 Å². The standard InChI is InChI=1S/C13H11ClN4O3/c1-15-12(19)10-4-5-11(18-17-10)16-7-2-3-8(13(20)21)9(14)6-7/h2-6H,1H3,(H,15,19)(H,16,18)(H,20,21). The molecule has 0 spiro atoms. The molecule has 108 valence electrons. The Hall–Kier alpha value is -2.67. The van der Waals surface area contributed by atoms with Crippen molar-refractivity contribution in [3.8, 4) is 0 Å². The van der Waals surface area contributed by atoms with E-state index in [0.717, 1.165) is 0 Å². The van der Waals surface area contributed by atoms with E-state index in [1.54, 1.807) is 12.1 Å². The number of carbonyl (C=O) groups is 2. The zero-order valence-electron chi connectivity index (χ0n) is 10.9. The number of carbonyl (C=O) groups excluding carboxylic acids is 1. The van der Waals surface area contributed by atoms with Gasteiger partial charge in [-0.1, -0.05) is 11.6 Å². The van der Waals surface area contributed by atoms with Gasteiger partial charge < -0.3 is 15.7 Å². The van der Waals surface area contributed by atoms with Gasteiger partial charge in [0.05, 0.1) is 10.6 Å². The van der Waals surface area contributed by atoms with Crippen LogP contribution in [0.4, 0.5) is 11.5 Å². The fourth-order valence-corrected chi connectivity index (χ4v) is 1.82. The fraction of sp³-hybridized carbons (Fsp3) is 0.0769. The predicted octanol–water partition coefficient (Wildman–Crippen LogP) is 1.93. The van der Waals surface area contributed by atoms with Crippen LogP contribution in [0.25, 0.3) is 0 Å². The van der Waals surface area contributed by atoms with E-state index in [9.17, 15) is 9.59 Å². The quantitative estimate of drug-likeness (QED) is 0.797. The highest BCUT2D eigenvalue weighted by atomic mass is 35.5. The number of aromatic carboxylic acids is 1. The van der Waals surface area contributed by atoms with Gasteiger partial charge >= 0.3 is 5.97 Å². The summed E-state index contributed by atoms with van der Waals surface area (Å²) in [6.07, 6.45) is 0. The van der Waals surface area contributed by atoms with Crippen molar-refractivity contribution in [1.29, 1.82) is 0 Å². The maximum Gasteiger partial charge on any atom is 0.337 e. The van der Waals surface area contributed by atoms with Gasteiger partial charge in [-0.3, -0.25) is 4.79 Å². The third kappa shape index (κ3) is 3.46. The van der Waals surface area contributed by atoms with E-state index in [2.05, 4.69) is 20.8 Å². The lowest BCUT2D eigenvalue weighted by atomic mass is 10.2. The van der Waals surface area contributed by atoms with E-state index in [-0.39, 0.29) is 22.2 Å². The number of hydrogen-bond acceptors (Lipinski definition) is 5. The minimum Gasteiger partial charge on any atom is -0.478 e. The Kier molecular flexibility index (Phi) is 4.34. The number of rotatable bonds is 4. The van der Waals surface area contributed by atoms with Gasteiger partial charge in [-0.15, -0.1) is 10.2 Å². The molecule has 7 nitrogen and oxygen atoms in total. The van der Waals surface area contributed by atoms with Crippen LogP contribution in [-0.4, -0.2) is 34.2 Å². The minimum absolute atomic E-state index is 0.0169. The second-order valence-corrected chi connectivity index (χ2v) is 4.41. The molecule has 2 rings (SSSR count). The van der Waals surface area contributed by atoms with Crippen molar-refractivity contribution in [3.05, 3.63) is 46.6 Å². The lowest BCUT2D eigenvalue weighted by molar-refractivity contribution is 0.0697. The first-order valence-electron chi connectivity index (χ1n) is 5.87. The summed E-state index contributed by atoms with van der Waals surface area (Å²) in [5.74, 6) is -1.02. The number of halogens is 1. The van der Waals surface area contributed by atoms with Crippen molar-refractivity contribution < 1.29 is 14.7 Å². The van der Waals surface area contributed by atoms with E-state index < -0.39 is 5.97 Å². The SMILES string of the molecule is CNC(=O)c1ccc(Nc2ccc(C(=O)O)c(Cl)c2)nn1. The third-order valence-electron chi connectivity index (χ3n) is 2.60. The van der Waals surface area contributed by atoms with Crippen molar-refractivity contribution in [2.24, 2.45) is 0 Å². The lowest BCUT2D eigenvalue weighted by Crippen LogP contribution is -2.19. The summed E-state index contributed by atoms with van der Waals surface area (Å²) in [6, 6.07) is 7.51. The summed E-state index contributed by atoms with van der Waals surface area (Å²) >= 11 is 5.87. The summed E-state index contributed by atoms with van der Waals surface area (Å²) in [4.78, 5) is 22.2. The molecule has 0 saturated heterocycles. The van der Waals surface area contributed by atoms with Crippen LogP contribution in [0, 0.1) is 0 Å². The van der Waals surface area contributed by atoms with E-state index in [4.69, 9.17) is 16.7 Å². The Morgan fingerprint density at radius 1 is 1.19 bits per heavy atom. The minimum atomic E-state index is -1.10. The Bertz CT molecular complexity index is 688. The number of benzene rings is 1. The average molecular weight is 307 g/mol. The molecule has 0 saturated carbocycles. The molecule has 1 aromatic carbocycles. The Morgan fingerprint density at radius 3 is 2.48 bits per heavy atom. The average Bonchev–Trinajstić information content (AvgIpc) is 2.47.